The van der Waals surface area contributed by atoms with Crippen LogP contribution in [-0.4, -0.2) is 15.0 Å². The third-order valence-electron chi connectivity index (χ3n) is 2.24. The van der Waals surface area contributed by atoms with E-state index >= 15 is 0 Å². The van der Waals surface area contributed by atoms with Crippen molar-refractivity contribution < 1.29 is 0 Å². The van der Waals surface area contributed by atoms with Gasteiger partial charge in [-0.05, 0) is 13.8 Å². The van der Waals surface area contributed by atoms with Gasteiger partial charge in [0, 0.05) is 30.0 Å². The van der Waals surface area contributed by atoms with Gasteiger partial charge in [-0.3, -0.25) is 0 Å². The zero-order valence-corrected chi connectivity index (χ0v) is 9.64. The second-order valence-electron chi connectivity index (χ2n) is 3.89. The molecule has 5 heteroatoms. The summed E-state index contributed by atoms with van der Waals surface area (Å²) in [6.07, 6.45) is 5.35. The molecule has 0 fully saturated rings. The predicted molar refractivity (Wildman–Crippen MR) is 60.6 cm³/mol. The summed E-state index contributed by atoms with van der Waals surface area (Å²) in [6.45, 7) is 5.02. The lowest BCUT2D eigenvalue weighted by Crippen LogP contribution is -2.35. The van der Waals surface area contributed by atoms with Crippen LogP contribution >= 0.6 is 11.3 Å². The second kappa shape index (κ2) is 4.12. The quantitative estimate of drug-likeness (QED) is 0.830. The molecule has 0 unspecified atom stereocenters. The van der Waals surface area contributed by atoms with Crippen LogP contribution in [0.3, 0.4) is 0 Å². The normalized spacial score (nSPS) is 11.9. The number of nitrogens with zero attached hydrogens (tertiary/aromatic N) is 2. The first-order valence-electron chi connectivity index (χ1n) is 4.81. The van der Waals surface area contributed by atoms with Crippen LogP contribution in [0.25, 0.3) is 0 Å². The average Bonchev–Trinajstić information content (AvgIpc) is 2.88. The van der Waals surface area contributed by atoms with Crippen molar-refractivity contribution in [1.29, 1.82) is 0 Å². The smallest absolute Gasteiger partial charge is 0.112 e. The van der Waals surface area contributed by atoms with Gasteiger partial charge in [0.2, 0.25) is 0 Å². The number of hydrogen-bond donors (Lipinski definition) is 2. The van der Waals surface area contributed by atoms with Gasteiger partial charge >= 0.3 is 0 Å². The van der Waals surface area contributed by atoms with E-state index in [4.69, 9.17) is 0 Å². The molecule has 15 heavy (non-hydrogen) atoms. The monoisotopic (exact) mass is 222 g/mol. The number of aromatic amines is 1. The van der Waals surface area contributed by atoms with Crippen molar-refractivity contribution in [2.24, 2.45) is 0 Å². The van der Waals surface area contributed by atoms with Gasteiger partial charge in [-0.25, -0.2) is 9.97 Å². The lowest BCUT2D eigenvalue weighted by Gasteiger charge is -2.23. The maximum atomic E-state index is 4.32. The van der Waals surface area contributed by atoms with E-state index in [9.17, 15) is 0 Å². The molecule has 0 aliphatic rings. The highest BCUT2D eigenvalue weighted by atomic mass is 32.1. The van der Waals surface area contributed by atoms with Crippen molar-refractivity contribution in [3.8, 4) is 0 Å². The molecule has 4 nitrogen and oxygen atoms in total. The zero-order valence-electron chi connectivity index (χ0n) is 8.82. The Kier molecular flexibility index (Phi) is 2.83. The summed E-state index contributed by atoms with van der Waals surface area (Å²) in [4.78, 5) is 11.4. The minimum atomic E-state index is -0.0979. The lowest BCUT2D eigenvalue weighted by molar-refractivity contribution is 0.397. The number of H-pyrrole nitrogens is 1. The fourth-order valence-corrected chi connectivity index (χ4v) is 2.04. The second-order valence-corrected chi connectivity index (χ2v) is 4.79. The van der Waals surface area contributed by atoms with E-state index in [-0.39, 0.29) is 5.54 Å². The SMILES string of the molecule is CC(C)(NCc1cnc[nH]1)c1nccs1. The molecule has 0 aliphatic heterocycles. The summed E-state index contributed by atoms with van der Waals surface area (Å²) in [5, 5.41) is 6.53. The number of rotatable bonds is 4. The first kappa shape index (κ1) is 10.3. The largest absolute Gasteiger partial charge is 0.347 e. The van der Waals surface area contributed by atoms with Crippen LogP contribution in [0.1, 0.15) is 24.5 Å². The summed E-state index contributed by atoms with van der Waals surface area (Å²) >= 11 is 1.67. The predicted octanol–water partition coefficient (Wildman–Crippen LogP) is 1.89. The molecule has 0 radical (unpaired) electrons. The van der Waals surface area contributed by atoms with Gasteiger partial charge in [-0.1, -0.05) is 0 Å². The van der Waals surface area contributed by atoms with E-state index in [1.807, 2.05) is 17.8 Å². The first-order chi connectivity index (χ1) is 7.18. The summed E-state index contributed by atoms with van der Waals surface area (Å²) < 4.78 is 0. The van der Waals surface area contributed by atoms with Gasteiger partial charge in [0.1, 0.15) is 5.01 Å². The molecule has 0 bridgehead atoms. The molecule has 0 saturated heterocycles. The molecule has 2 rings (SSSR count). The lowest BCUT2D eigenvalue weighted by atomic mass is 10.1. The van der Waals surface area contributed by atoms with E-state index in [1.54, 1.807) is 17.7 Å². The van der Waals surface area contributed by atoms with Crippen LogP contribution in [0, 0.1) is 0 Å². The van der Waals surface area contributed by atoms with Gasteiger partial charge in [-0.2, -0.15) is 0 Å². The van der Waals surface area contributed by atoms with Crippen molar-refractivity contribution >= 4 is 11.3 Å². The van der Waals surface area contributed by atoms with Crippen LogP contribution < -0.4 is 5.32 Å². The molecule has 0 aliphatic carbocycles. The van der Waals surface area contributed by atoms with E-state index in [0.29, 0.717) is 0 Å². The third kappa shape index (κ3) is 2.43. The zero-order chi connectivity index (χ0) is 10.7. The minimum Gasteiger partial charge on any atom is -0.347 e. The Hall–Kier alpha value is -1.20. The van der Waals surface area contributed by atoms with Gasteiger partial charge in [0.25, 0.3) is 0 Å². The molecule has 0 spiro atoms. The standard InChI is InChI=1S/C10H14N4S/c1-10(2,9-12-3-4-15-9)14-6-8-5-11-7-13-8/h3-5,7,14H,6H2,1-2H3,(H,11,13). The van der Waals surface area contributed by atoms with Crippen LogP contribution in [-0.2, 0) is 12.1 Å². The molecule has 0 aromatic carbocycles. The van der Waals surface area contributed by atoms with Gasteiger partial charge in [-0.15, -0.1) is 11.3 Å². The summed E-state index contributed by atoms with van der Waals surface area (Å²) in [6, 6.07) is 0. The fraction of sp³-hybridized carbons (Fsp3) is 0.400. The molecular formula is C10H14N4S. The molecule has 0 amide bonds. The van der Waals surface area contributed by atoms with Crippen molar-refractivity contribution in [3.05, 3.63) is 34.8 Å². The van der Waals surface area contributed by atoms with Crippen molar-refractivity contribution in [1.82, 2.24) is 20.3 Å². The average molecular weight is 222 g/mol. The van der Waals surface area contributed by atoms with Crippen LogP contribution in [0.5, 0.6) is 0 Å². The van der Waals surface area contributed by atoms with Gasteiger partial charge in [0.15, 0.2) is 0 Å². The van der Waals surface area contributed by atoms with Crippen molar-refractivity contribution in [2.45, 2.75) is 25.9 Å². The number of hydrogen-bond acceptors (Lipinski definition) is 4. The Bertz CT molecular complexity index is 391. The molecule has 2 N–H and O–H groups in total. The van der Waals surface area contributed by atoms with Gasteiger partial charge < -0.3 is 10.3 Å². The summed E-state index contributed by atoms with van der Waals surface area (Å²) in [5.74, 6) is 0. The summed E-state index contributed by atoms with van der Waals surface area (Å²) in [7, 11) is 0. The Morgan fingerprint density at radius 2 is 2.40 bits per heavy atom. The minimum absolute atomic E-state index is 0.0979. The molecular weight excluding hydrogens is 208 g/mol. The van der Waals surface area contributed by atoms with E-state index in [2.05, 4.69) is 34.1 Å². The van der Waals surface area contributed by atoms with E-state index in [1.165, 1.54) is 0 Å². The maximum absolute atomic E-state index is 4.32. The highest BCUT2D eigenvalue weighted by molar-refractivity contribution is 7.09. The van der Waals surface area contributed by atoms with Crippen LogP contribution in [0.2, 0.25) is 0 Å². The topological polar surface area (TPSA) is 53.6 Å². The highest BCUT2D eigenvalue weighted by Gasteiger charge is 2.22. The molecule has 0 saturated carbocycles. The Balaban J connectivity index is 1.99. The molecule has 80 valence electrons. The molecule has 2 heterocycles. The number of aromatic nitrogens is 3. The van der Waals surface area contributed by atoms with Crippen molar-refractivity contribution in [3.63, 3.8) is 0 Å². The summed E-state index contributed by atoms with van der Waals surface area (Å²) in [5.41, 5.74) is 0.985. The highest BCUT2D eigenvalue weighted by Crippen LogP contribution is 2.22. The third-order valence-corrected chi connectivity index (χ3v) is 3.34. The Morgan fingerprint density at radius 1 is 1.53 bits per heavy atom. The van der Waals surface area contributed by atoms with Crippen LogP contribution in [0.4, 0.5) is 0 Å². The Morgan fingerprint density at radius 3 is 3.00 bits per heavy atom. The number of imidazole rings is 1. The Labute approximate surface area is 92.8 Å². The fourth-order valence-electron chi connectivity index (χ4n) is 1.31. The number of nitrogens with one attached hydrogen (secondary N) is 2. The molecule has 2 aromatic rings. The van der Waals surface area contributed by atoms with Gasteiger partial charge in [0.05, 0.1) is 11.9 Å². The van der Waals surface area contributed by atoms with E-state index in [0.717, 1.165) is 17.2 Å². The number of thiazole rings is 1. The van der Waals surface area contributed by atoms with Crippen molar-refractivity contribution in [2.75, 3.05) is 0 Å². The first-order valence-corrected chi connectivity index (χ1v) is 5.69. The molecule has 0 atom stereocenters. The molecule has 2 aromatic heterocycles. The van der Waals surface area contributed by atoms with E-state index < -0.39 is 0 Å². The maximum Gasteiger partial charge on any atom is 0.112 e. The van der Waals surface area contributed by atoms with Crippen LogP contribution in [0.15, 0.2) is 24.1 Å².